The zero-order chi connectivity index (χ0) is 21.6. The second-order valence-electron chi connectivity index (χ2n) is 7.46. The molecule has 0 atom stereocenters. The molecule has 1 heteroatoms. The first-order valence-electron chi connectivity index (χ1n) is 10.6. The Morgan fingerprint density at radius 3 is 1.65 bits per heavy atom. The van der Waals surface area contributed by atoms with E-state index in [9.17, 15) is 4.39 Å². The summed E-state index contributed by atoms with van der Waals surface area (Å²) in [5.74, 6) is 12.6. The molecule has 0 aliphatic rings. The second-order valence-corrected chi connectivity index (χ2v) is 7.46. The lowest BCUT2D eigenvalue weighted by Crippen LogP contribution is -1.89. The summed E-state index contributed by atoms with van der Waals surface area (Å²) in [6, 6.07) is 25.7. The van der Waals surface area contributed by atoms with E-state index in [1.165, 1.54) is 5.56 Å². The number of rotatable bonds is 2. The molecule has 4 aromatic rings. The van der Waals surface area contributed by atoms with Crippen molar-refractivity contribution in [2.75, 3.05) is 0 Å². The minimum atomic E-state index is -0.127. The number of aryl methyl sites for hydroxylation is 2. The fourth-order valence-electron chi connectivity index (χ4n) is 3.44. The van der Waals surface area contributed by atoms with Crippen LogP contribution in [0.25, 0.3) is 10.8 Å². The Hall–Kier alpha value is -3.81. The van der Waals surface area contributed by atoms with E-state index < -0.39 is 0 Å². The van der Waals surface area contributed by atoms with E-state index in [0.717, 1.165) is 39.6 Å². The molecule has 0 N–H and O–H groups in total. The fourth-order valence-corrected chi connectivity index (χ4v) is 3.44. The standard InChI is InChI=1S/C30H23F/c1-3-22-5-7-23(8-6-22)9-10-24-11-13-25(14-12-24)15-16-26-17-20-29-28(21-26)19-18-27(4-2)30(29)31/h5-8,11-14,17-21H,3-4H2,1-2H3. The third kappa shape index (κ3) is 4.85. The van der Waals surface area contributed by atoms with Gasteiger partial charge in [-0.25, -0.2) is 4.39 Å². The fraction of sp³-hybridized carbons (Fsp3) is 0.133. The summed E-state index contributed by atoms with van der Waals surface area (Å²) in [4.78, 5) is 0. The number of halogens is 1. The lowest BCUT2D eigenvalue weighted by Gasteiger charge is -2.04. The molecule has 150 valence electrons. The number of benzene rings is 4. The molecule has 0 radical (unpaired) electrons. The van der Waals surface area contributed by atoms with Crippen molar-refractivity contribution in [1.29, 1.82) is 0 Å². The zero-order valence-electron chi connectivity index (χ0n) is 17.8. The van der Waals surface area contributed by atoms with Gasteiger partial charge in [-0.1, -0.05) is 67.9 Å². The van der Waals surface area contributed by atoms with Gasteiger partial charge >= 0.3 is 0 Å². The van der Waals surface area contributed by atoms with E-state index in [2.05, 4.69) is 54.9 Å². The molecule has 0 unspecified atom stereocenters. The molecule has 0 saturated carbocycles. The molecule has 4 rings (SSSR count). The van der Waals surface area contributed by atoms with Crippen molar-refractivity contribution in [1.82, 2.24) is 0 Å². The van der Waals surface area contributed by atoms with Crippen molar-refractivity contribution in [2.45, 2.75) is 26.7 Å². The Labute approximate surface area is 183 Å². The molecule has 0 aromatic heterocycles. The highest BCUT2D eigenvalue weighted by Gasteiger charge is 2.05. The molecular formula is C30H23F. The van der Waals surface area contributed by atoms with Gasteiger partial charge in [0.1, 0.15) is 5.82 Å². The Balaban J connectivity index is 1.50. The highest BCUT2D eigenvalue weighted by atomic mass is 19.1. The molecule has 4 aromatic carbocycles. The van der Waals surface area contributed by atoms with Crippen LogP contribution in [0.4, 0.5) is 4.39 Å². The number of hydrogen-bond donors (Lipinski definition) is 0. The van der Waals surface area contributed by atoms with Gasteiger partial charge in [0, 0.05) is 27.6 Å². The Bertz CT molecular complexity index is 1340. The Morgan fingerprint density at radius 1 is 0.581 bits per heavy atom. The minimum absolute atomic E-state index is 0.127. The molecule has 0 amide bonds. The van der Waals surface area contributed by atoms with Gasteiger partial charge in [-0.2, -0.15) is 0 Å². The molecule has 0 fully saturated rings. The minimum Gasteiger partial charge on any atom is -0.206 e. The summed E-state index contributed by atoms with van der Waals surface area (Å²) in [6.07, 6.45) is 1.72. The van der Waals surface area contributed by atoms with Gasteiger partial charge in [0.15, 0.2) is 0 Å². The predicted octanol–water partition coefficient (Wildman–Crippen LogP) is 6.90. The average Bonchev–Trinajstić information content (AvgIpc) is 2.82. The molecule has 0 spiro atoms. The lowest BCUT2D eigenvalue weighted by atomic mass is 10.0. The Kier molecular flexibility index (Phi) is 6.16. The molecule has 31 heavy (non-hydrogen) atoms. The highest BCUT2D eigenvalue weighted by molar-refractivity contribution is 5.85. The van der Waals surface area contributed by atoms with Gasteiger partial charge in [-0.05, 0) is 77.9 Å². The molecule has 0 aliphatic heterocycles. The summed E-state index contributed by atoms with van der Waals surface area (Å²) < 4.78 is 14.4. The van der Waals surface area contributed by atoms with Gasteiger partial charge in [0.05, 0.1) is 0 Å². The van der Waals surface area contributed by atoms with Gasteiger partial charge in [0.25, 0.3) is 0 Å². The van der Waals surface area contributed by atoms with Crippen LogP contribution in [0.15, 0.2) is 78.9 Å². The predicted molar refractivity (Wildman–Crippen MR) is 128 cm³/mol. The molecule has 0 nitrogen and oxygen atoms in total. The zero-order valence-corrected chi connectivity index (χ0v) is 17.8. The van der Waals surface area contributed by atoms with Gasteiger partial charge in [0.2, 0.25) is 0 Å². The van der Waals surface area contributed by atoms with Crippen molar-refractivity contribution in [3.05, 3.63) is 118 Å². The van der Waals surface area contributed by atoms with Crippen LogP contribution in [0.3, 0.4) is 0 Å². The average molecular weight is 403 g/mol. The van der Waals surface area contributed by atoms with Crippen LogP contribution >= 0.6 is 0 Å². The summed E-state index contributed by atoms with van der Waals surface area (Å²) in [6.45, 7) is 4.11. The first-order valence-corrected chi connectivity index (χ1v) is 10.6. The van der Waals surface area contributed by atoms with Crippen molar-refractivity contribution in [2.24, 2.45) is 0 Å². The van der Waals surface area contributed by atoms with Gasteiger partial charge in [-0.3, -0.25) is 0 Å². The van der Waals surface area contributed by atoms with Crippen LogP contribution in [-0.2, 0) is 12.8 Å². The van der Waals surface area contributed by atoms with Crippen LogP contribution in [0.2, 0.25) is 0 Å². The summed E-state index contributed by atoms with van der Waals surface area (Å²) in [7, 11) is 0. The van der Waals surface area contributed by atoms with E-state index in [1.54, 1.807) is 0 Å². The monoisotopic (exact) mass is 402 g/mol. The van der Waals surface area contributed by atoms with E-state index in [-0.39, 0.29) is 5.82 Å². The lowest BCUT2D eigenvalue weighted by molar-refractivity contribution is 0.624. The topological polar surface area (TPSA) is 0 Å². The van der Waals surface area contributed by atoms with Crippen LogP contribution in [0, 0.1) is 29.5 Å². The van der Waals surface area contributed by atoms with Crippen LogP contribution in [0.1, 0.15) is 47.2 Å². The maximum atomic E-state index is 14.4. The van der Waals surface area contributed by atoms with Crippen molar-refractivity contribution in [3.8, 4) is 23.7 Å². The highest BCUT2D eigenvalue weighted by Crippen LogP contribution is 2.22. The van der Waals surface area contributed by atoms with E-state index in [4.69, 9.17) is 0 Å². The molecule has 0 heterocycles. The van der Waals surface area contributed by atoms with Crippen LogP contribution in [-0.4, -0.2) is 0 Å². The van der Waals surface area contributed by atoms with E-state index in [0.29, 0.717) is 11.8 Å². The largest absolute Gasteiger partial charge is 0.206 e. The molecule has 0 bridgehead atoms. The maximum absolute atomic E-state index is 14.4. The first kappa shape index (κ1) is 20.5. The Morgan fingerprint density at radius 2 is 1.10 bits per heavy atom. The van der Waals surface area contributed by atoms with Crippen LogP contribution < -0.4 is 0 Å². The quantitative estimate of drug-likeness (QED) is 0.320. The number of hydrogen-bond acceptors (Lipinski definition) is 0. The normalized spacial score (nSPS) is 10.2. The van der Waals surface area contributed by atoms with Crippen molar-refractivity contribution < 1.29 is 4.39 Å². The van der Waals surface area contributed by atoms with Gasteiger partial charge < -0.3 is 0 Å². The van der Waals surface area contributed by atoms with Gasteiger partial charge in [-0.15, -0.1) is 0 Å². The van der Waals surface area contributed by atoms with E-state index >= 15 is 0 Å². The molecule has 0 aliphatic carbocycles. The number of fused-ring (bicyclic) bond motifs is 1. The maximum Gasteiger partial charge on any atom is 0.134 e. The third-order valence-electron chi connectivity index (χ3n) is 5.36. The first-order chi connectivity index (χ1) is 15.2. The summed E-state index contributed by atoms with van der Waals surface area (Å²) in [5.41, 5.74) is 5.82. The SMILES string of the molecule is CCc1ccc(C#Cc2ccc(C#Cc3ccc4c(F)c(CC)ccc4c3)cc2)cc1. The molecular weight excluding hydrogens is 379 g/mol. The van der Waals surface area contributed by atoms with Crippen molar-refractivity contribution in [3.63, 3.8) is 0 Å². The van der Waals surface area contributed by atoms with Crippen LogP contribution in [0.5, 0.6) is 0 Å². The molecule has 0 saturated heterocycles. The summed E-state index contributed by atoms with van der Waals surface area (Å²) in [5, 5.41) is 1.52. The second kappa shape index (κ2) is 9.34. The van der Waals surface area contributed by atoms with Crippen molar-refractivity contribution >= 4 is 10.8 Å². The van der Waals surface area contributed by atoms with E-state index in [1.807, 2.05) is 61.5 Å². The summed E-state index contributed by atoms with van der Waals surface area (Å²) >= 11 is 0. The third-order valence-corrected chi connectivity index (χ3v) is 5.36. The smallest absolute Gasteiger partial charge is 0.134 e.